The minimum absolute atomic E-state index is 0.667. The normalized spacial score (nSPS) is 19.4. The van der Waals surface area contributed by atoms with E-state index in [0.717, 1.165) is 31.9 Å². The summed E-state index contributed by atoms with van der Waals surface area (Å²) < 4.78 is 0. The molecule has 0 amide bonds. The summed E-state index contributed by atoms with van der Waals surface area (Å²) in [6.07, 6.45) is 3.27. The van der Waals surface area contributed by atoms with Gasteiger partial charge in [0.1, 0.15) is 0 Å². The Hall–Kier alpha value is -1.13. The Morgan fingerprint density at radius 2 is 2.26 bits per heavy atom. The maximum Gasteiger partial charge on any atom is 0.0446 e. The number of rotatable bonds is 5. The number of likely N-dealkylation sites (N-methyl/N-ethyl adjacent to an activating group) is 1. The van der Waals surface area contributed by atoms with Crippen LogP contribution < -0.4 is 10.2 Å². The molecule has 2 heterocycles. The molecular formula is C15H26N4. The van der Waals surface area contributed by atoms with E-state index in [4.69, 9.17) is 0 Å². The molecule has 0 radical (unpaired) electrons. The molecule has 1 fully saturated rings. The number of pyridine rings is 1. The Kier molecular flexibility index (Phi) is 4.77. The van der Waals surface area contributed by atoms with Gasteiger partial charge in [0, 0.05) is 48.8 Å². The van der Waals surface area contributed by atoms with E-state index in [1.54, 1.807) is 0 Å². The third kappa shape index (κ3) is 3.45. The van der Waals surface area contributed by atoms with Crippen molar-refractivity contribution in [3.8, 4) is 0 Å². The fourth-order valence-electron chi connectivity index (χ4n) is 2.65. The van der Waals surface area contributed by atoms with Gasteiger partial charge < -0.3 is 15.1 Å². The minimum atomic E-state index is 0.667. The van der Waals surface area contributed by atoms with Crippen LogP contribution in [0.3, 0.4) is 0 Å². The highest BCUT2D eigenvalue weighted by molar-refractivity contribution is 5.54. The van der Waals surface area contributed by atoms with Crippen LogP contribution in [0.2, 0.25) is 0 Å². The largest absolute Gasteiger partial charge is 0.370 e. The highest BCUT2D eigenvalue weighted by Gasteiger charge is 2.25. The number of aryl methyl sites for hydroxylation is 1. The summed E-state index contributed by atoms with van der Waals surface area (Å²) in [6.45, 7) is 8.37. The van der Waals surface area contributed by atoms with Gasteiger partial charge in [-0.05, 0) is 40.1 Å². The molecule has 0 spiro atoms. The van der Waals surface area contributed by atoms with Crippen molar-refractivity contribution in [2.45, 2.75) is 32.9 Å². The van der Waals surface area contributed by atoms with E-state index < -0.39 is 0 Å². The molecule has 0 aromatic carbocycles. The highest BCUT2D eigenvalue weighted by atomic mass is 15.2. The predicted octanol–water partition coefficient (Wildman–Crippen LogP) is 1.64. The molecule has 1 aromatic heterocycles. The Morgan fingerprint density at radius 3 is 2.89 bits per heavy atom. The zero-order chi connectivity index (χ0) is 13.8. The molecule has 0 bridgehead atoms. The van der Waals surface area contributed by atoms with E-state index >= 15 is 0 Å². The summed E-state index contributed by atoms with van der Waals surface area (Å²) in [4.78, 5) is 9.28. The Balaban J connectivity index is 2.16. The van der Waals surface area contributed by atoms with Gasteiger partial charge in [-0.1, -0.05) is 6.92 Å². The third-order valence-electron chi connectivity index (χ3n) is 3.90. The van der Waals surface area contributed by atoms with Crippen LogP contribution in [0.4, 0.5) is 5.69 Å². The van der Waals surface area contributed by atoms with Crippen LogP contribution in [-0.4, -0.2) is 49.7 Å². The van der Waals surface area contributed by atoms with Gasteiger partial charge in [-0.3, -0.25) is 4.98 Å². The monoisotopic (exact) mass is 262 g/mol. The number of anilines is 1. The van der Waals surface area contributed by atoms with E-state index in [0.29, 0.717) is 6.04 Å². The molecule has 19 heavy (non-hydrogen) atoms. The second kappa shape index (κ2) is 6.35. The maximum atomic E-state index is 4.44. The topological polar surface area (TPSA) is 31.4 Å². The number of hydrogen-bond acceptors (Lipinski definition) is 4. The lowest BCUT2D eigenvalue weighted by atomic mass is 10.2. The van der Waals surface area contributed by atoms with Crippen LogP contribution in [-0.2, 0) is 6.54 Å². The molecule has 0 saturated carbocycles. The number of nitrogens with one attached hydrogen (secondary N) is 1. The average Bonchev–Trinajstić information content (AvgIpc) is 2.87. The number of aromatic nitrogens is 1. The molecule has 0 aliphatic carbocycles. The molecule has 1 unspecified atom stereocenters. The lowest BCUT2D eigenvalue weighted by molar-refractivity contribution is 0.315. The average molecular weight is 262 g/mol. The first-order chi connectivity index (χ1) is 9.11. The quantitative estimate of drug-likeness (QED) is 0.874. The van der Waals surface area contributed by atoms with Crippen molar-refractivity contribution in [2.24, 2.45) is 0 Å². The maximum absolute atomic E-state index is 4.44. The van der Waals surface area contributed by atoms with Crippen molar-refractivity contribution >= 4 is 5.69 Å². The second-order valence-corrected chi connectivity index (χ2v) is 5.59. The van der Waals surface area contributed by atoms with Crippen LogP contribution in [0.25, 0.3) is 0 Å². The van der Waals surface area contributed by atoms with Crippen molar-refractivity contribution in [3.05, 3.63) is 23.5 Å². The van der Waals surface area contributed by atoms with Crippen LogP contribution in [0.5, 0.6) is 0 Å². The summed E-state index contributed by atoms with van der Waals surface area (Å²) in [6, 6.07) is 2.89. The van der Waals surface area contributed by atoms with Crippen molar-refractivity contribution in [3.63, 3.8) is 0 Å². The minimum Gasteiger partial charge on any atom is -0.370 e. The first-order valence-electron chi connectivity index (χ1n) is 7.19. The zero-order valence-electron chi connectivity index (χ0n) is 12.6. The number of nitrogens with zero attached hydrogens (tertiary/aromatic N) is 3. The van der Waals surface area contributed by atoms with Gasteiger partial charge in [-0.2, -0.15) is 0 Å². The first-order valence-corrected chi connectivity index (χ1v) is 7.19. The van der Waals surface area contributed by atoms with Crippen molar-refractivity contribution < 1.29 is 0 Å². The smallest absolute Gasteiger partial charge is 0.0446 e. The Morgan fingerprint density at radius 1 is 1.47 bits per heavy atom. The van der Waals surface area contributed by atoms with E-state index in [-0.39, 0.29) is 0 Å². The summed E-state index contributed by atoms with van der Waals surface area (Å²) >= 11 is 0. The fraction of sp³-hybridized carbons (Fsp3) is 0.667. The van der Waals surface area contributed by atoms with Crippen molar-refractivity contribution in [1.82, 2.24) is 15.2 Å². The van der Waals surface area contributed by atoms with E-state index in [1.165, 1.54) is 17.7 Å². The molecule has 4 nitrogen and oxygen atoms in total. The lowest BCUT2D eigenvalue weighted by Crippen LogP contribution is -2.32. The molecule has 1 aliphatic rings. The van der Waals surface area contributed by atoms with Crippen LogP contribution in [0.1, 0.15) is 24.6 Å². The Bertz CT molecular complexity index is 417. The highest BCUT2D eigenvalue weighted by Crippen LogP contribution is 2.26. The van der Waals surface area contributed by atoms with Crippen LogP contribution in [0, 0.1) is 6.92 Å². The van der Waals surface area contributed by atoms with Gasteiger partial charge in [-0.25, -0.2) is 0 Å². The van der Waals surface area contributed by atoms with Crippen molar-refractivity contribution in [2.75, 3.05) is 38.6 Å². The van der Waals surface area contributed by atoms with Gasteiger partial charge in [0.2, 0.25) is 0 Å². The lowest BCUT2D eigenvalue weighted by Gasteiger charge is -2.24. The summed E-state index contributed by atoms with van der Waals surface area (Å²) in [5.74, 6) is 0. The van der Waals surface area contributed by atoms with Gasteiger partial charge in [0.25, 0.3) is 0 Å². The molecule has 1 aromatic rings. The standard InChI is InChI=1S/C15H26N4/c1-5-16-9-13-10-17-12(2)8-15(13)19-7-6-14(11-19)18(3)4/h8,10,14,16H,5-7,9,11H2,1-4H3. The van der Waals surface area contributed by atoms with Crippen LogP contribution in [0.15, 0.2) is 12.3 Å². The Labute approximate surface area is 116 Å². The summed E-state index contributed by atoms with van der Waals surface area (Å²) in [5, 5.41) is 3.40. The number of hydrogen-bond donors (Lipinski definition) is 1. The molecule has 1 N–H and O–H groups in total. The predicted molar refractivity (Wildman–Crippen MR) is 80.7 cm³/mol. The molecule has 2 rings (SSSR count). The van der Waals surface area contributed by atoms with Crippen LogP contribution >= 0.6 is 0 Å². The molecule has 4 heteroatoms. The van der Waals surface area contributed by atoms with Gasteiger partial charge in [0.15, 0.2) is 0 Å². The van der Waals surface area contributed by atoms with E-state index in [2.05, 4.69) is 54.1 Å². The van der Waals surface area contributed by atoms with Gasteiger partial charge >= 0.3 is 0 Å². The first kappa shape index (κ1) is 14.3. The molecule has 1 atom stereocenters. The molecular weight excluding hydrogens is 236 g/mol. The van der Waals surface area contributed by atoms with Gasteiger partial charge in [0.05, 0.1) is 0 Å². The van der Waals surface area contributed by atoms with E-state index in [9.17, 15) is 0 Å². The van der Waals surface area contributed by atoms with Crippen molar-refractivity contribution in [1.29, 1.82) is 0 Å². The summed E-state index contributed by atoms with van der Waals surface area (Å²) in [5.41, 5.74) is 3.77. The third-order valence-corrected chi connectivity index (χ3v) is 3.90. The SMILES string of the molecule is CCNCc1cnc(C)cc1N1CCC(N(C)C)C1. The second-order valence-electron chi connectivity index (χ2n) is 5.59. The molecule has 1 saturated heterocycles. The van der Waals surface area contributed by atoms with Gasteiger partial charge in [-0.15, -0.1) is 0 Å². The van der Waals surface area contributed by atoms with E-state index in [1.807, 2.05) is 6.20 Å². The molecule has 1 aliphatic heterocycles. The molecule has 106 valence electrons. The fourth-order valence-corrected chi connectivity index (χ4v) is 2.65. The zero-order valence-corrected chi connectivity index (χ0v) is 12.6. The summed E-state index contributed by atoms with van der Waals surface area (Å²) in [7, 11) is 4.34.